The number of nitrogens with zero attached hydrogens (tertiary/aromatic N) is 1. The predicted molar refractivity (Wildman–Crippen MR) is 66.7 cm³/mol. The van der Waals surface area contributed by atoms with Crippen LogP contribution in [0.4, 0.5) is 0 Å². The SMILES string of the molecule is Cc1c(CN(C)C)c(=O)[nH]c2ccccc12. The van der Waals surface area contributed by atoms with Crippen LogP contribution in [0.5, 0.6) is 0 Å². The van der Waals surface area contributed by atoms with Gasteiger partial charge in [-0.3, -0.25) is 4.79 Å². The summed E-state index contributed by atoms with van der Waals surface area (Å²) in [6, 6.07) is 7.90. The Morgan fingerprint density at radius 1 is 1.25 bits per heavy atom. The Kier molecular flexibility index (Phi) is 2.79. The number of para-hydroxylation sites is 1. The number of aromatic amines is 1. The van der Waals surface area contributed by atoms with Gasteiger partial charge in [0.05, 0.1) is 0 Å². The molecule has 1 aromatic carbocycles. The molecule has 1 N–H and O–H groups in total. The number of aromatic nitrogens is 1. The number of H-pyrrole nitrogens is 1. The molecule has 0 aliphatic carbocycles. The first-order valence-corrected chi connectivity index (χ1v) is 5.35. The lowest BCUT2D eigenvalue weighted by atomic mass is 10.0. The fraction of sp³-hybridized carbons (Fsp3) is 0.308. The molecule has 0 saturated carbocycles. The monoisotopic (exact) mass is 216 g/mol. The van der Waals surface area contributed by atoms with Gasteiger partial charge >= 0.3 is 0 Å². The van der Waals surface area contributed by atoms with Crippen molar-refractivity contribution in [3.05, 3.63) is 45.7 Å². The summed E-state index contributed by atoms with van der Waals surface area (Å²) in [4.78, 5) is 16.8. The third kappa shape index (κ3) is 1.86. The fourth-order valence-corrected chi connectivity index (χ4v) is 1.96. The number of fused-ring (bicyclic) bond motifs is 1. The molecular formula is C13H16N2O. The second-order valence-electron chi connectivity index (χ2n) is 4.34. The second-order valence-corrected chi connectivity index (χ2v) is 4.34. The van der Waals surface area contributed by atoms with Crippen LogP contribution in [0.3, 0.4) is 0 Å². The summed E-state index contributed by atoms with van der Waals surface area (Å²) in [5.41, 5.74) is 2.86. The topological polar surface area (TPSA) is 36.1 Å². The molecule has 2 rings (SSSR count). The third-order valence-corrected chi connectivity index (χ3v) is 2.78. The van der Waals surface area contributed by atoms with E-state index in [1.54, 1.807) is 0 Å². The average Bonchev–Trinajstić information content (AvgIpc) is 2.24. The van der Waals surface area contributed by atoms with E-state index in [9.17, 15) is 4.79 Å². The average molecular weight is 216 g/mol. The summed E-state index contributed by atoms with van der Waals surface area (Å²) in [5.74, 6) is 0. The van der Waals surface area contributed by atoms with E-state index in [4.69, 9.17) is 0 Å². The van der Waals surface area contributed by atoms with Crippen molar-refractivity contribution < 1.29 is 0 Å². The summed E-state index contributed by atoms with van der Waals surface area (Å²) < 4.78 is 0. The van der Waals surface area contributed by atoms with Gasteiger partial charge in [-0.1, -0.05) is 18.2 Å². The van der Waals surface area contributed by atoms with Crippen molar-refractivity contribution in [1.82, 2.24) is 9.88 Å². The molecule has 16 heavy (non-hydrogen) atoms. The zero-order valence-corrected chi connectivity index (χ0v) is 9.87. The minimum atomic E-state index is 0.0184. The summed E-state index contributed by atoms with van der Waals surface area (Å²) in [5, 5.41) is 1.12. The van der Waals surface area contributed by atoms with Crippen molar-refractivity contribution >= 4 is 10.9 Å². The van der Waals surface area contributed by atoms with Gasteiger partial charge in [-0.25, -0.2) is 0 Å². The maximum atomic E-state index is 11.9. The molecule has 84 valence electrons. The van der Waals surface area contributed by atoms with E-state index in [2.05, 4.69) is 4.98 Å². The molecule has 0 amide bonds. The first kappa shape index (κ1) is 10.9. The Labute approximate surface area is 94.7 Å². The van der Waals surface area contributed by atoms with E-state index in [0.29, 0.717) is 6.54 Å². The summed E-state index contributed by atoms with van der Waals surface area (Å²) >= 11 is 0. The van der Waals surface area contributed by atoms with Crippen molar-refractivity contribution in [2.45, 2.75) is 13.5 Å². The molecule has 0 fully saturated rings. The maximum Gasteiger partial charge on any atom is 0.253 e. The number of hydrogen-bond donors (Lipinski definition) is 1. The predicted octanol–water partition coefficient (Wildman–Crippen LogP) is 1.90. The molecule has 3 heteroatoms. The number of rotatable bonds is 2. The zero-order valence-electron chi connectivity index (χ0n) is 9.87. The van der Waals surface area contributed by atoms with Crippen LogP contribution >= 0.6 is 0 Å². The number of benzene rings is 1. The van der Waals surface area contributed by atoms with Crippen LogP contribution in [0, 0.1) is 6.92 Å². The van der Waals surface area contributed by atoms with Crippen LogP contribution < -0.4 is 5.56 Å². The summed E-state index contributed by atoms with van der Waals surface area (Å²) in [6.07, 6.45) is 0. The molecule has 0 aliphatic rings. The van der Waals surface area contributed by atoms with E-state index in [1.807, 2.05) is 50.2 Å². The smallest absolute Gasteiger partial charge is 0.253 e. The Hall–Kier alpha value is -1.61. The minimum Gasteiger partial charge on any atom is -0.322 e. The lowest BCUT2D eigenvalue weighted by Gasteiger charge is -2.12. The van der Waals surface area contributed by atoms with Gasteiger partial charge in [0.15, 0.2) is 0 Å². The van der Waals surface area contributed by atoms with Crippen LogP contribution in [0.1, 0.15) is 11.1 Å². The molecule has 0 aliphatic heterocycles. The molecular weight excluding hydrogens is 200 g/mol. The van der Waals surface area contributed by atoms with Crippen LogP contribution in [0.15, 0.2) is 29.1 Å². The molecule has 0 saturated heterocycles. The quantitative estimate of drug-likeness (QED) is 0.832. The molecule has 0 radical (unpaired) electrons. The van der Waals surface area contributed by atoms with Gasteiger partial charge in [0.25, 0.3) is 5.56 Å². The number of pyridine rings is 1. The van der Waals surface area contributed by atoms with Crippen molar-refractivity contribution in [2.75, 3.05) is 14.1 Å². The maximum absolute atomic E-state index is 11.9. The third-order valence-electron chi connectivity index (χ3n) is 2.78. The van der Waals surface area contributed by atoms with Gasteiger partial charge in [0.1, 0.15) is 0 Å². The molecule has 1 heterocycles. The van der Waals surface area contributed by atoms with Crippen molar-refractivity contribution in [2.24, 2.45) is 0 Å². The van der Waals surface area contributed by atoms with Crippen LogP contribution in [0.25, 0.3) is 10.9 Å². The zero-order chi connectivity index (χ0) is 11.7. The van der Waals surface area contributed by atoms with E-state index in [0.717, 1.165) is 22.0 Å². The normalized spacial score (nSPS) is 11.2. The van der Waals surface area contributed by atoms with E-state index in [1.165, 1.54) is 0 Å². The van der Waals surface area contributed by atoms with Gasteiger partial charge in [-0.15, -0.1) is 0 Å². The van der Waals surface area contributed by atoms with Crippen molar-refractivity contribution in [3.8, 4) is 0 Å². The first-order valence-electron chi connectivity index (χ1n) is 5.35. The van der Waals surface area contributed by atoms with Crippen molar-refractivity contribution in [1.29, 1.82) is 0 Å². The number of hydrogen-bond acceptors (Lipinski definition) is 2. The van der Waals surface area contributed by atoms with Gasteiger partial charge in [0, 0.05) is 23.0 Å². The van der Waals surface area contributed by atoms with Gasteiger partial charge in [0.2, 0.25) is 0 Å². The molecule has 0 spiro atoms. The highest BCUT2D eigenvalue weighted by Gasteiger charge is 2.08. The van der Waals surface area contributed by atoms with Crippen LogP contribution in [-0.4, -0.2) is 24.0 Å². The Morgan fingerprint density at radius 3 is 2.62 bits per heavy atom. The van der Waals surface area contributed by atoms with E-state index >= 15 is 0 Å². The largest absolute Gasteiger partial charge is 0.322 e. The number of nitrogens with one attached hydrogen (secondary N) is 1. The lowest BCUT2D eigenvalue weighted by molar-refractivity contribution is 0.400. The molecule has 0 unspecified atom stereocenters. The highest BCUT2D eigenvalue weighted by Crippen LogP contribution is 2.17. The Bertz CT molecular complexity index is 570. The molecule has 3 nitrogen and oxygen atoms in total. The Morgan fingerprint density at radius 2 is 1.94 bits per heavy atom. The van der Waals surface area contributed by atoms with Crippen LogP contribution in [0.2, 0.25) is 0 Å². The molecule has 1 aromatic heterocycles. The van der Waals surface area contributed by atoms with Crippen molar-refractivity contribution in [3.63, 3.8) is 0 Å². The fourth-order valence-electron chi connectivity index (χ4n) is 1.96. The highest BCUT2D eigenvalue weighted by molar-refractivity contribution is 5.82. The standard InChI is InChI=1S/C13H16N2O/c1-9-10-6-4-5-7-12(10)14-13(16)11(9)8-15(2)3/h4-7H,8H2,1-3H3,(H,14,16). The summed E-state index contributed by atoms with van der Waals surface area (Å²) in [7, 11) is 3.93. The second kappa shape index (κ2) is 4.10. The minimum absolute atomic E-state index is 0.0184. The van der Waals surface area contributed by atoms with Gasteiger partial charge in [-0.05, 0) is 32.6 Å². The molecule has 2 aromatic rings. The summed E-state index contributed by atoms with van der Waals surface area (Å²) in [6.45, 7) is 2.68. The molecule has 0 atom stereocenters. The molecule has 0 bridgehead atoms. The van der Waals surface area contributed by atoms with Gasteiger partial charge in [-0.2, -0.15) is 0 Å². The first-order chi connectivity index (χ1) is 7.59. The lowest BCUT2D eigenvalue weighted by Crippen LogP contribution is -2.21. The number of aryl methyl sites for hydroxylation is 1. The van der Waals surface area contributed by atoms with Gasteiger partial charge < -0.3 is 9.88 Å². The Balaban J connectivity index is 2.71. The van der Waals surface area contributed by atoms with E-state index < -0.39 is 0 Å². The van der Waals surface area contributed by atoms with Crippen LogP contribution in [-0.2, 0) is 6.54 Å². The highest BCUT2D eigenvalue weighted by atomic mass is 16.1. The van der Waals surface area contributed by atoms with E-state index in [-0.39, 0.29) is 5.56 Å².